The van der Waals surface area contributed by atoms with E-state index in [-0.39, 0.29) is 5.56 Å². The van der Waals surface area contributed by atoms with Gasteiger partial charge in [-0.25, -0.2) is 4.79 Å². The molecule has 1 saturated heterocycles. The Bertz CT molecular complexity index is 806. The molecule has 1 fully saturated rings. The SMILES string of the molecule is CCCCC(c1cccc2cc(C(=O)O)c(=O)[nH]c12)C1CCNCC1. The smallest absolute Gasteiger partial charge is 0.341 e. The van der Waals surface area contributed by atoms with Crippen molar-refractivity contribution in [1.29, 1.82) is 0 Å². The second-order valence-electron chi connectivity index (χ2n) is 6.96. The predicted molar refractivity (Wildman–Crippen MR) is 99.4 cm³/mol. The van der Waals surface area contributed by atoms with Crippen LogP contribution in [0.25, 0.3) is 10.9 Å². The monoisotopic (exact) mass is 342 g/mol. The van der Waals surface area contributed by atoms with Crippen LogP contribution in [0.2, 0.25) is 0 Å². The molecule has 0 saturated carbocycles. The quantitative estimate of drug-likeness (QED) is 0.750. The second kappa shape index (κ2) is 7.83. The molecule has 134 valence electrons. The normalized spacial score (nSPS) is 16.8. The fourth-order valence-electron chi connectivity index (χ4n) is 4.04. The Kier molecular flexibility index (Phi) is 5.53. The van der Waals surface area contributed by atoms with Crippen molar-refractivity contribution in [1.82, 2.24) is 10.3 Å². The summed E-state index contributed by atoms with van der Waals surface area (Å²) in [6.07, 6.45) is 5.68. The van der Waals surface area contributed by atoms with Crippen molar-refractivity contribution >= 4 is 16.9 Å². The third kappa shape index (κ3) is 3.76. The van der Waals surface area contributed by atoms with E-state index in [4.69, 9.17) is 0 Å². The summed E-state index contributed by atoms with van der Waals surface area (Å²) >= 11 is 0. The van der Waals surface area contributed by atoms with E-state index >= 15 is 0 Å². The van der Waals surface area contributed by atoms with Crippen LogP contribution in [0.15, 0.2) is 29.1 Å². The molecule has 0 radical (unpaired) electrons. The predicted octanol–water partition coefficient (Wildman–Crippen LogP) is 3.50. The van der Waals surface area contributed by atoms with Gasteiger partial charge in [0.25, 0.3) is 5.56 Å². The zero-order chi connectivity index (χ0) is 17.8. The standard InChI is InChI=1S/C20H26N2O3/c1-2-3-6-15(13-8-10-21-11-9-13)16-7-4-5-14-12-17(20(24)25)19(23)22-18(14)16/h4-5,7,12-13,15,21H,2-3,6,8-11H2,1H3,(H,22,23)(H,24,25). The number of unbranched alkanes of at least 4 members (excludes halogenated alkanes) is 1. The molecule has 1 aliphatic heterocycles. The summed E-state index contributed by atoms with van der Waals surface area (Å²) < 4.78 is 0. The Morgan fingerprint density at radius 3 is 2.76 bits per heavy atom. The topological polar surface area (TPSA) is 82.2 Å². The van der Waals surface area contributed by atoms with E-state index in [1.165, 1.54) is 6.07 Å². The van der Waals surface area contributed by atoms with E-state index in [1.807, 2.05) is 12.1 Å². The highest BCUT2D eigenvalue weighted by molar-refractivity contribution is 5.93. The number of hydrogen-bond acceptors (Lipinski definition) is 3. The molecule has 3 rings (SSSR count). The lowest BCUT2D eigenvalue weighted by atomic mass is 9.77. The fraction of sp³-hybridized carbons (Fsp3) is 0.500. The summed E-state index contributed by atoms with van der Waals surface area (Å²) in [7, 11) is 0. The zero-order valence-corrected chi connectivity index (χ0v) is 14.7. The Hall–Kier alpha value is -2.14. The van der Waals surface area contributed by atoms with Gasteiger partial charge < -0.3 is 15.4 Å². The van der Waals surface area contributed by atoms with Crippen molar-refractivity contribution in [2.75, 3.05) is 13.1 Å². The Morgan fingerprint density at radius 2 is 2.08 bits per heavy atom. The van der Waals surface area contributed by atoms with Gasteiger partial charge in [-0.1, -0.05) is 38.0 Å². The lowest BCUT2D eigenvalue weighted by Crippen LogP contribution is -2.31. The van der Waals surface area contributed by atoms with Crippen molar-refractivity contribution in [3.05, 3.63) is 45.7 Å². The number of para-hydroxylation sites is 1. The van der Waals surface area contributed by atoms with Crippen LogP contribution >= 0.6 is 0 Å². The van der Waals surface area contributed by atoms with Crippen molar-refractivity contribution in [3.8, 4) is 0 Å². The number of aromatic carboxylic acids is 1. The number of fused-ring (bicyclic) bond motifs is 1. The summed E-state index contributed by atoms with van der Waals surface area (Å²) in [5, 5.41) is 13.4. The molecule has 1 unspecified atom stereocenters. The Morgan fingerprint density at radius 1 is 1.32 bits per heavy atom. The van der Waals surface area contributed by atoms with Gasteiger partial charge in [-0.15, -0.1) is 0 Å². The van der Waals surface area contributed by atoms with E-state index in [9.17, 15) is 14.7 Å². The maximum absolute atomic E-state index is 12.2. The molecule has 2 aromatic rings. The van der Waals surface area contributed by atoms with Crippen LogP contribution in [0.5, 0.6) is 0 Å². The summed E-state index contributed by atoms with van der Waals surface area (Å²) in [5.41, 5.74) is 1.24. The lowest BCUT2D eigenvalue weighted by molar-refractivity contribution is 0.0695. The van der Waals surface area contributed by atoms with Crippen molar-refractivity contribution < 1.29 is 9.90 Å². The van der Waals surface area contributed by atoms with E-state index < -0.39 is 11.5 Å². The molecular formula is C20H26N2O3. The van der Waals surface area contributed by atoms with Gasteiger partial charge in [0.05, 0.1) is 5.52 Å². The van der Waals surface area contributed by atoms with Crippen LogP contribution in [0.4, 0.5) is 0 Å². The van der Waals surface area contributed by atoms with E-state index in [0.29, 0.717) is 11.8 Å². The fourth-order valence-corrected chi connectivity index (χ4v) is 4.04. The number of carboxylic acids is 1. The molecule has 0 aliphatic carbocycles. The van der Waals surface area contributed by atoms with Gasteiger partial charge in [0, 0.05) is 0 Å². The maximum Gasteiger partial charge on any atom is 0.341 e. The van der Waals surface area contributed by atoms with Crippen LogP contribution in [-0.4, -0.2) is 29.1 Å². The lowest BCUT2D eigenvalue weighted by Gasteiger charge is -2.32. The molecule has 1 aromatic carbocycles. The number of aromatic nitrogens is 1. The van der Waals surface area contributed by atoms with E-state index in [2.05, 4.69) is 23.3 Å². The van der Waals surface area contributed by atoms with Gasteiger partial charge in [0.1, 0.15) is 5.56 Å². The summed E-state index contributed by atoms with van der Waals surface area (Å²) in [6, 6.07) is 7.45. The number of benzene rings is 1. The van der Waals surface area contributed by atoms with Crippen molar-refractivity contribution in [2.24, 2.45) is 5.92 Å². The van der Waals surface area contributed by atoms with Crippen LogP contribution in [0.3, 0.4) is 0 Å². The molecule has 1 aromatic heterocycles. The van der Waals surface area contributed by atoms with Crippen molar-refractivity contribution in [3.63, 3.8) is 0 Å². The van der Waals surface area contributed by atoms with Gasteiger partial charge in [-0.3, -0.25) is 4.79 Å². The highest BCUT2D eigenvalue weighted by Gasteiger charge is 2.26. The van der Waals surface area contributed by atoms with Crippen molar-refractivity contribution in [2.45, 2.75) is 44.9 Å². The number of H-pyrrole nitrogens is 1. The average molecular weight is 342 g/mol. The third-order valence-corrected chi connectivity index (χ3v) is 5.36. The molecule has 2 heterocycles. The number of nitrogens with one attached hydrogen (secondary N) is 2. The number of piperidine rings is 1. The molecule has 3 N–H and O–H groups in total. The van der Waals surface area contributed by atoms with Crippen LogP contribution in [0, 0.1) is 5.92 Å². The first kappa shape index (κ1) is 17.7. The molecule has 25 heavy (non-hydrogen) atoms. The van der Waals surface area contributed by atoms with E-state index in [0.717, 1.165) is 61.7 Å². The van der Waals surface area contributed by atoms with Gasteiger partial charge in [-0.05, 0) is 61.2 Å². The van der Waals surface area contributed by atoms with Crippen LogP contribution in [-0.2, 0) is 0 Å². The first-order valence-corrected chi connectivity index (χ1v) is 9.21. The first-order chi connectivity index (χ1) is 12.1. The number of hydrogen-bond donors (Lipinski definition) is 3. The number of carbonyl (C=O) groups is 1. The van der Waals surface area contributed by atoms with Gasteiger partial charge >= 0.3 is 5.97 Å². The first-order valence-electron chi connectivity index (χ1n) is 9.21. The third-order valence-electron chi connectivity index (χ3n) is 5.36. The number of pyridine rings is 1. The number of aromatic amines is 1. The van der Waals surface area contributed by atoms with Gasteiger partial charge in [-0.2, -0.15) is 0 Å². The summed E-state index contributed by atoms with van der Waals surface area (Å²) in [4.78, 5) is 26.3. The number of carboxylic acid groups (broad SMARTS) is 1. The largest absolute Gasteiger partial charge is 0.477 e. The zero-order valence-electron chi connectivity index (χ0n) is 14.7. The van der Waals surface area contributed by atoms with Crippen LogP contribution < -0.4 is 10.9 Å². The number of rotatable bonds is 6. The Balaban J connectivity index is 2.08. The molecule has 5 heteroatoms. The highest BCUT2D eigenvalue weighted by atomic mass is 16.4. The van der Waals surface area contributed by atoms with Gasteiger partial charge in [0.2, 0.25) is 0 Å². The molecule has 1 aliphatic rings. The van der Waals surface area contributed by atoms with Crippen LogP contribution in [0.1, 0.15) is 60.9 Å². The van der Waals surface area contributed by atoms with Gasteiger partial charge in [0.15, 0.2) is 0 Å². The molecular weight excluding hydrogens is 316 g/mol. The van der Waals surface area contributed by atoms with E-state index in [1.54, 1.807) is 0 Å². The summed E-state index contributed by atoms with van der Waals surface area (Å²) in [5.74, 6) is -0.187. The minimum absolute atomic E-state index is 0.198. The molecule has 5 nitrogen and oxygen atoms in total. The second-order valence-corrected chi connectivity index (χ2v) is 6.96. The molecule has 0 bridgehead atoms. The minimum atomic E-state index is -1.19. The minimum Gasteiger partial charge on any atom is -0.477 e. The highest BCUT2D eigenvalue weighted by Crippen LogP contribution is 2.37. The molecule has 0 spiro atoms. The average Bonchev–Trinajstić information content (AvgIpc) is 2.62. The summed E-state index contributed by atoms with van der Waals surface area (Å²) in [6.45, 7) is 4.28. The maximum atomic E-state index is 12.2. The molecule has 1 atom stereocenters. The Labute approximate surface area is 147 Å². The molecule has 0 amide bonds.